The van der Waals surface area contributed by atoms with E-state index < -0.39 is 0 Å². The standard InChI is InChI=1S/C18H28N2O3/c1-21-11-9-20-8-5-17-18(14-20,6-3-10-23-17)15-22-13-16-4-2-7-19-12-16/h2,4,7,12,17H,3,5-6,8-11,13-15H2,1H3. The Bertz CT molecular complexity index is 471. The Morgan fingerprint density at radius 2 is 2.43 bits per heavy atom. The molecule has 0 amide bonds. The van der Waals surface area contributed by atoms with E-state index in [1.54, 1.807) is 13.3 Å². The number of methoxy groups -OCH3 is 1. The van der Waals surface area contributed by atoms with E-state index in [9.17, 15) is 0 Å². The molecule has 2 atom stereocenters. The second kappa shape index (κ2) is 8.20. The summed E-state index contributed by atoms with van der Waals surface area (Å²) >= 11 is 0. The Kier molecular flexibility index (Phi) is 6.00. The van der Waals surface area contributed by atoms with Crippen molar-refractivity contribution in [2.24, 2.45) is 5.41 Å². The normalized spacial score (nSPS) is 28.5. The van der Waals surface area contributed by atoms with Crippen molar-refractivity contribution in [2.45, 2.75) is 32.0 Å². The fourth-order valence-corrected chi connectivity index (χ4v) is 3.86. The number of likely N-dealkylation sites (tertiary alicyclic amines) is 1. The van der Waals surface area contributed by atoms with Crippen molar-refractivity contribution in [3.8, 4) is 0 Å². The summed E-state index contributed by atoms with van der Waals surface area (Å²) in [4.78, 5) is 6.65. The van der Waals surface area contributed by atoms with Gasteiger partial charge in [-0.05, 0) is 30.9 Å². The minimum Gasteiger partial charge on any atom is -0.383 e. The van der Waals surface area contributed by atoms with Gasteiger partial charge in [0.25, 0.3) is 0 Å². The average molecular weight is 320 g/mol. The van der Waals surface area contributed by atoms with Crippen LogP contribution in [0.3, 0.4) is 0 Å². The molecule has 0 saturated carbocycles. The fourth-order valence-electron chi connectivity index (χ4n) is 3.86. The molecule has 2 aliphatic heterocycles. The van der Waals surface area contributed by atoms with Crippen LogP contribution < -0.4 is 0 Å². The first-order valence-electron chi connectivity index (χ1n) is 8.62. The number of nitrogens with zero attached hydrogens (tertiary/aromatic N) is 2. The van der Waals surface area contributed by atoms with Gasteiger partial charge in [-0.25, -0.2) is 0 Å². The topological polar surface area (TPSA) is 43.8 Å². The summed E-state index contributed by atoms with van der Waals surface area (Å²) < 4.78 is 17.4. The van der Waals surface area contributed by atoms with Gasteiger partial charge in [0.05, 0.1) is 25.9 Å². The van der Waals surface area contributed by atoms with Gasteiger partial charge >= 0.3 is 0 Å². The maximum atomic E-state index is 6.09. The van der Waals surface area contributed by atoms with Crippen LogP contribution in [0.1, 0.15) is 24.8 Å². The Hall–Kier alpha value is -1.01. The summed E-state index contributed by atoms with van der Waals surface area (Å²) in [6, 6.07) is 4.02. The highest BCUT2D eigenvalue weighted by Crippen LogP contribution is 2.40. The monoisotopic (exact) mass is 320 g/mol. The van der Waals surface area contributed by atoms with Crippen LogP contribution in [0.15, 0.2) is 24.5 Å². The van der Waals surface area contributed by atoms with Crippen LogP contribution in [-0.4, -0.2) is 62.6 Å². The molecular weight excluding hydrogens is 292 g/mol. The Balaban J connectivity index is 1.59. The number of piperidine rings is 1. The zero-order valence-electron chi connectivity index (χ0n) is 14.1. The lowest BCUT2D eigenvalue weighted by atomic mass is 9.73. The SMILES string of the molecule is COCCN1CCC2OCCCC2(COCc2cccnc2)C1. The van der Waals surface area contributed by atoms with Crippen LogP contribution in [0.4, 0.5) is 0 Å². The van der Waals surface area contributed by atoms with Gasteiger partial charge < -0.3 is 19.1 Å². The molecule has 2 unspecified atom stereocenters. The Morgan fingerprint density at radius 3 is 3.26 bits per heavy atom. The summed E-state index contributed by atoms with van der Waals surface area (Å²) in [5, 5.41) is 0. The summed E-state index contributed by atoms with van der Waals surface area (Å²) in [5.74, 6) is 0. The largest absolute Gasteiger partial charge is 0.383 e. The number of hydrogen-bond donors (Lipinski definition) is 0. The molecule has 2 fully saturated rings. The van der Waals surface area contributed by atoms with Crippen LogP contribution in [0.2, 0.25) is 0 Å². The molecule has 5 heteroatoms. The van der Waals surface area contributed by atoms with Crippen molar-refractivity contribution in [1.82, 2.24) is 9.88 Å². The van der Waals surface area contributed by atoms with E-state index in [0.717, 1.165) is 57.9 Å². The first-order valence-corrected chi connectivity index (χ1v) is 8.62. The highest BCUT2D eigenvalue weighted by molar-refractivity contribution is 5.07. The van der Waals surface area contributed by atoms with Crippen LogP contribution in [-0.2, 0) is 20.8 Å². The molecule has 2 aliphatic rings. The third-order valence-corrected chi connectivity index (χ3v) is 5.06. The van der Waals surface area contributed by atoms with Crippen LogP contribution in [0.25, 0.3) is 0 Å². The predicted octanol–water partition coefficient (Wildman–Crippen LogP) is 2.12. The Morgan fingerprint density at radius 1 is 1.48 bits per heavy atom. The van der Waals surface area contributed by atoms with Gasteiger partial charge in [-0.15, -0.1) is 0 Å². The summed E-state index contributed by atoms with van der Waals surface area (Å²) in [6.07, 6.45) is 7.42. The third-order valence-electron chi connectivity index (χ3n) is 5.06. The molecule has 1 aromatic rings. The van der Waals surface area contributed by atoms with Gasteiger partial charge in [-0.3, -0.25) is 4.98 Å². The second-order valence-electron chi connectivity index (χ2n) is 6.74. The summed E-state index contributed by atoms with van der Waals surface area (Å²) in [5.41, 5.74) is 1.26. The molecule has 0 bridgehead atoms. The molecule has 3 rings (SSSR count). The number of aromatic nitrogens is 1. The zero-order chi connectivity index (χ0) is 16.0. The minimum atomic E-state index is 0.131. The maximum absolute atomic E-state index is 6.09. The smallest absolute Gasteiger partial charge is 0.0732 e. The molecule has 5 nitrogen and oxygen atoms in total. The van der Waals surface area contributed by atoms with Gasteiger partial charge in [0.15, 0.2) is 0 Å². The van der Waals surface area contributed by atoms with Crippen LogP contribution >= 0.6 is 0 Å². The second-order valence-corrected chi connectivity index (χ2v) is 6.74. The fraction of sp³-hybridized carbons (Fsp3) is 0.722. The van der Waals surface area contributed by atoms with Crippen molar-refractivity contribution >= 4 is 0 Å². The average Bonchev–Trinajstić information content (AvgIpc) is 2.60. The molecular formula is C18H28N2O3. The molecule has 0 N–H and O–H groups in total. The molecule has 23 heavy (non-hydrogen) atoms. The third kappa shape index (κ3) is 4.29. The van der Waals surface area contributed by atoms with Crippen molar-refractivity contribution in [2.75, 3.05) is 46.6 Å². The minimum absolute atomic E-state index is 0.131. The molecule has 3 heterocycles. The molecule has 0 aliphatic carbocycles. The van der Waals surface area contributed by atoms with Gasteiger partial charge in [-0.2, -0.15) is 0 Å². The highest BCUT2D eigenvalue weighted by atomic mass is 16.5. The van der Waals surface area contributed by atoms with Crippen LogP contribution in [0, 0.1) is 5.41 Å². The highest BCUT2D eigenvalue weighted by Gasteiger charge is 2.45. The maximum Gasteiger partial charge on any atom is 0.0732 e. The van der Waals surface area contributed by atoms with E-state index in [0.29, 0.717) is 12.7 Å². The molecule has 0 radical (unpaired) electrons. The Labute approximate surface area is 138 Å². The lowest BCUT2D eigenvalue weighted by molar-refractivity contribution is -0.155. The number of ether oxygens (including phenoxy) is 3. The summed E-state index contributed by atoms with van der Waals surface area (Å²) in [7, 11) is 1.77. The zero-order valence-corrected chi connectivity index (χ0v) is 14.1. The number of fused-ring (bicyclic) bond motifs is 1. The van der Waals surface area contributed by atoms with Crippen molar-refractivity contribution < 1.29 is 14.2 Å². The van der Waals surface area contributed by atoms with Gasteiger partial charge in [0.2, 0.25) is 0 Å². The van der Waals surface area contributed by atoms with Gasteiger partial charge in [-0.1, -0.05) is 6.07 Å². The van der Waals surface area contributed by atoms with Gasteiger partial charge in [0, 0.05) is 51.2 Å². The molecule has 0 aromatic carbocycles. The predicted molar refractivity (Wildman–Crippen MR) is 88.2 cm³/mol. The van der Waals surface area contributed by atoms with E-state index in [-0.39, 0.29) is 5.41 Å². The quantitative estimate of drug-likeness (QED) is 0.770. The van der Waals surface area contributed by atoms with Crippen molar-refractivity contribution in [1.29, 1.82) is 0 Å². The van der Waals surface area contributed by atoms with E-state index in [1.807, 2.05) is 12.3 Å². The lowest BCUT2D eigenvalue weighted by Crippen LogP contribution is -2.57. The van der Waals surface area contributed by atoms with E-state index in [1.165, 1.54) is 6.42 Å². The van der Waals surface area contributed by atoms with E-state index >= 15 is 0 Å². The molecule has 0 spiro atoms. The number of rotatable bonds is 7. The van der Waals surface area contributed by atoms with Crippen molar-refractivity contribution in [3.63, 3.8) is 0 Å². The first-order chi connectivity index (χ1) is 11.3. The lowest BCUT2D eigenvalue weighted by Gasteiger charge is -2.50. The molecule has 2 saturated heterocycles. The van der Waals surface area contributed by atoms with Crippen LogP contribution in [0.5, 0.6) is 0 Å². The van der Waals surface area contributed by atoms with E-state index in [2.05, 4.69) is 16.0 Å². The van der Waals surface area contributed by atoms with Crippen molar-refractivity contribution in [3.05, 3.63) is 30.1 Å². The number of pyridine rings is 1. The molecule has 1 aromatic heterocycles. The summed E-state index contributed by atoms with van der Waals surface area (Å²) in [6.45, 7) is 6.21. The number of hydrogen-bond acceptors (Lipinski definition) is 5. The van der Waals surface area contributed by atoms with Gasteiger partial charge in [0.1, 0.15) is 0 Å². The molecule has 128 valence electrons. The first kappa shape index (κ1) is 16.8. The van der Waals surface area contributed by atoms with E-state index in [4.69, 9.17) is 14.2 Å².